The molecule has 0 fully saturated rings. The third-order valence-corrected chi connectivity index (χ3v) is 3.65. The minimum Gasteiger partial charge on any atom is -0.329 e. The van der Waals surface area contributed by atoms with Gasteiger partial charge in [0.15, 0.2) is 0 Å². The highest BCUT2D eigenvalue weighted by Gasteiger charge is 2.23. The molecule has 0 unspecified atom stereocenters. The van der Waals surface area contributed by atoms with Crippen LogP contribution in [-0.4, -0.2) is 6.03 Å². The smallest absolute Gasteiger partial charge is 0.319 e. The number of halogens is 2. The van der Waals surface area contributed by atoms with E-state index in [1.54, 1.807) is 18.2 Å². The summed E-state index contributed by atoms with van der Waals surface area (Å²) in [5, 5.41) is 14.6. The Morgan fingerprint density at radius 2 is 1.87 bits per heavy atom. The van der Waals surface area contributed by atoms with Crippen molar-refractivity contribution >= 4 is 23.3 Å². The standard InChI is InChI=1S/C17H15ClFN3O/c1-17(2,12-4-6-13(19)7-5-12)22-16(23)21-14-8-3-11(10-20)15(18)9-14/h3-9H,1-2H3,(H2,21,22,23). The van der Waals surface area contributed by atoms with Gasteiger partial charge in [-0.15, -0.1) is 0 Å². The monoisotopic (exact) mass is 331 g/mol. The molecular formula is C17H15ClFN3O. The van der Waals surface area contributed by atoms with E-state index in [4.69, 9.17) is 16.9 Å². The lowest BCUT2D eigenvalue weighted by molar-refractivity contribution is 0.242. The third kappa shape index (κ3) is 4.21. The van der Waals surface area contributed by atoms with E-state index in [0.29, 0.717) is 11.3 Å². The Morgan fingerprint density at radius 3 is 2.43 bits per heavy atom. The molecule has 118 valence electrons. The van der Waals surface area contributed by atoms with Crippen LogP contribution in [0.3, 0.4) is 0 Å². The number of nitrogens with one attached hydrogen (secondary N) is 2. The zero-order chi connectivity index (χ0) is 17.0. The Bertz CT molecular complexity index is 766. The normalized spacial score (nSPS) is 10.7. The van der Waals surface area contributed by atoms with Gasteiger partial charge in [0.05, 0.1) is 16.1 Å². The maximum atomic E-state index is 13.0. The van der Waals surface area contributed by atoms with E-state index in [1.807, 2.05) is 19.9 Å². The quantitative estimate of drug-likeness (QED) is 0.875. The van der Waals surface area contributed by atoms with E-state index in [-0.39, 0.29) is 10.8 Å². The fourth-order valence-electron chi connectivity index (χ4n) is 2.07. The van der Waals surface area contributed by atoms with Crippen LogP contribution in [0.2, 0.25) is 5.02 Å². The van der Waals surface area contributed by atoms with Crippen molar-refractivity contribution in [3.63, 3.8) is 0 Å². The van der Waals surface area contributed by atoms with Gasteiger partial charge in [0.25, 0.3) is 0 Å². The number of anilines is 1. The first-order chi connectivity index (χ1) is 10.8. The van der Waals surface area contributed by atoms with Gasteiger partial charge in [-0.25, -0.2) is 9.18 Å². The molecule has 23 heavy (non-hydrogen) atoms. The number of hydrogen-bond acceptors (Lipinski definition) is 2. The van der Waals surface area contributed by atoms with Crippen molar-refractivity contribution in [1.82, 2.24) is 5.32 Å². The van der Waals surface area contributed by atoms with Gasteiger partial charge in [0.2, 0.25) is 0 Å². The summed E-state index contributed by atoms with van der Waals surface area (Å²) in [6.45, 7) is 3.62. The van der Waals surface area contributed by atoms with Gasteiger partial charge in [-0.1, -0.05) is 23.7 Å². The molecule has 0 aliphatic rings. The molecule has 2 aromatic carbocycles. The van der Waals surface area contributed by atoms with Gasteiger partial charge in [-0.3, -0.25) is 0 Å². The minimum atomic E-state index is -0.686. The number of nitriles is 1. The predicted molar refractivity (Wildman–Crippen MR) is 87.7 cm³/mol. The SMILES string of the molecule is CC(C)(NC(=O)Nc1ccc(C#N)c(Cl)c1)c1ccc(F)cc1. The molecule has 0 radical (unpaired) electrons. The van der Waals surface area contributed by atoms with E-state index in [1.165, 1.54) is 24.3 Å². The number of nitrogens with zero attached hydrogens (tertiary/aromatic N) is 1. The molecule has 0 saturated carbocycles. The minimum absolute atomic E-state index is 0.267. The Kier molecular flexibility index (Phi) is 4.87. The number of carbonyl (C=O) groups excluding carboxylic acids is 1. The second kappa shape index (κ2) is 6.67. The van der Waals surface area contributed by atoms with Crippen LogP contribution in [0.4, 0.5) is 14.9 Å². The molecule has 2 aromatic rings. The van der Waals surface area contributed by atoms with Crippen molar-refractivity contribution in [3.05, 3.63) is 64.4 Å². The first kappa shape index (κ1) is 16.8. The van der Waals surface area contributed by atoms with Crippen LogP contribution in [0.5, 0.6) is 0 Å². The van der Waals surface area contributed by atoms with E-state index in [2.05, 4.69) is 10.6 Å². The highest BCUT2D eigenvalue weighted by molar-refractivity contribution is 6.32. The lowest BCUT2D eigenvalue weighted by Gasteiger charge is -2.27. The number of carbonyl (C=O) groups is 1. The van der Waals surface area contributed by atoms with Crippen molar-refractivity contribution in [2.24, 2.45) is 0 Å². The Labute approximate surface area is 138 Å². The van der Waals surface area contributed by atoms with Gasteiger partial charge in [-0.2, -0.15) is 5.26 Å². The number of rotatable bonds is 3. The zero-order valence-electron chi connectivity index (χ0n) is 12.7. The summed E-state index contributed by atoms with van der Waals surface area (Å²) in [6.07, 6.45) is 0. The van der Waals surface area contributed by atoms with Gasteiger partial charge in [0, 0.05) is 5.69 Å². The largest absolute Gasteiger partial charge is 0.329 e. The summed E-state index contributed by atoms with van der Waals surface area (Å²) >= 11 is 5.93. The summed E-state index contributed by atoms with van der Waals surface area (Å²) in [7, 11) is 0. The topological polar surface area (TPSA) is 64.9 Å². The Balaban J connectivity index is 2.08. The van der Waals surface area contributed by atoms with Crippen molar-refractivity contribution in [2.75, 3.05) is 5.32 Å². The summed E-state index contributed by atoms with van der Waals surface area (Å²) in [5.74, 6) is -0.332. The molecule has 0 heterocycles. The van der Waals surface area contributed by atoms with Crippen LogP contribution >= 0.6 is 11.6 Å². The predicted octanol–water partition coefficient (Wildman–Crippen LogP) is 4.41. The lowest BCUT2D eigenvalue weighted by atomic mass is 9.94. The molecular weight excluding hydrogens is 317 g/mol. The number of hydrogen-bond donors (Lipinski definition) is 2. The molecule has 0 aliphatic heterocycles. The van der Waals surface area contributed by atoms with E-state index in [0.717, 1.165) is 5.56 Å². The second-order valence-corrected chi connectivity index (χ2v) is 5.92. The van der Waals surface area contributed by atoms with Gasteiger partial charge in [-0.05, 0) is 49.7 Å². The van der Waals surface area contributed by atoms with Crippen molar-refractivity contribution in [2.45, 2.75) is 19.4 Å². The van der Waals surface area contributed by atoms with Crippen LogP contribution in [0.25, 0.3) is 0 Å². The molecule has 0 spiro atoms. The summed E-state index contributed by atoms with van der Waals surface area (Å²) in [6, 6.07) is 12.1. The highest BCUT2D eigenvalue weighted by atomic mass is 35.5. The number of benzene rings is 2. The van der Waals surface area contributed by atoms with Crippen LogP contribution in [0.1, 0.15) is 25.0 Å². The summed E-state index contributed by atoms with van der Waals surface area (Å²) < 4.78 is 13.0. The van der Waals surface area contributed by atoms with Crippen LogP contribution in [-0.2, 0) is 5.54 Å². The fraction of sp³-hybridized carbons (Fsp3) is 0.176. The fourth-order valence-corrected chi connectivity index (χ4v) is 2.29. The summed E-state index contributed by atoms with van der Waals surface area (Å²) in [5.41, 5.74) is 0.895. The van der Waals surface area contributed by atoms with Gasteiger partial charge in [0.1, 0.15) is 11.9 Å². The van der Waals surface area contributed by atoms with E-state index in [9.17, 15) is 9.18 Å². The van der Waals surface area contributed by atoms with Crippen LogP contribution < -0.4 is 10.6 Å². The second-order valence-electron chi connectivity index (χ2n) is 5.52. The molecule has 2 rings (SSSR count). The Morgan fingerprint density at radius 1 is 1.22 bits per heavy atom. The lowest BCUT2D eigenvalue weighted by Crippen LogP contribution is -2.43. The van der Waals surface area contributed by atoms with Gasteiger partial charge < -0.3 is 10.6 Å². The van der Waals surface area contributed by atoms with Crippen molar-refractivity contribution < 1.29 is 9.18 Å². The molecule has 4 nitrogen and oxygen atoms in total. The van der Waals surface area contributed by atoms with Crippen molar-refractivity contribution in [1.29, 1.82) is 5.26 Å². The molecule has 2 N–H and O–H groups in total. The first-order valence-corrected chi connectivity index (χ1v) is 7.24. The van der Waals surface area contributed by atoms with Crippen LogP contribution in [0, 0.1) is 17.1 Å². The van der Waals surface area contributed by atoms with Crippen molar-refractivity contribution in [3.8, 4) is 6.07 Å². The molecule has 0 aliphatic carbocycles. The van der Waals surface area contributed by atoms with E-state index < -0.39 is 11.6 Å². The molecule has 0 saturated heterocycles. The number of amides is 2. The molecule has 0 atom stereocenters. The molecule has 0 aromatic heterocycles. The number of urea groups is 1. The maximum Gasteiger partial charge on any atom is 0.319 e. The zero-order valence-corrected chi connectivity index (χ0v) is 13.4. The average Bonchev–Trinajstić information content (AvgIpc) is 2.47. The molecule has 2 amide bonds. The average molecular weight is 332 g/mol. The Hall–Kier alpha value is -2.58. The molecule has 6 heteroatoms. The third-order valence-electron chi connectivity index (χ3n) is 3.34. The highest BCUT2D eigenvalue weighted by Crippen LogP contribution is 2.22. The molecule has 0 bridgehead atoms. The van der Waals surface area contributed by atoms with Crippen LogP contribution in [0.15, 0.2) is 42.5 Å². The summed E-state index contributed by atoms with van der Waals surface area (Å²) in [4.78, 5) is 12.1. The van der Waals surface area contributed by atoms with E-state index >= 15 is 0 Å². The first-order valence-electron chi connectivity index (χ1n) is 6.87. The van der Waals surface area contributed by atoms with Gasteiger partial charge >= 0.3 is 6.03 Å². The maximum absolute atomic E-state index is 13.0.